The normalized spacial score (nSPS) is 17.4. The number of carbonyl (C=O) groups is 1. The average Bonchev–Trinajstić information content (AvgIpc) is 2.72. The van der Waals surface area contributed by atoms with E-state index in [0.29, 0.717) is 16.1 Å². The Balaban J connectivity index is 1.38. The molecule has 0 aliphatic carbocycles. The number of benzene rings is 2. The third-order valence-corrected chi connectivity index (χ3v) is 8.72. The first-order chi connectivity index (χ1) is 13.2. The molecule has 2 aliphatic rings. The summed E-state index contributed by atoms with van der Waals surface area (Å²) in [6.45, 7) is 0.707. The predicted molar refractivity (Wildman–Crippen MR) is 119 cm³/mol. The van der Waals surface area contributed by atoms with E-state index < -0.39 is 0 Å². The molecule has 0 aromatic heterocycles. The van der Waals surface area contributed by atoms with Gasteiger partial charge in [0.1, 0.15) is 5.75 Å². The third-order valence-electron chi connectivity index (χ3n) is 4.43. The van der Waals surface area contributed by atoms with Crippen LogP contribution < -0.4 is 9.64 Å². The number of hydrogen-bond donors (Lipinski definition) is 0. The first-order valence-corrected chi connectivity index (χ1v) is 12.4. The zero-order valence-electron chi connectivity index (χ0n) is 14.7. The number of carbonyl (C=O) groups excluding carboxylic acids is 1. The van der Waals surface area contributed by atoms with Crippen molar-refractivity contribution in [2.45, 2.75) is 15.9 Å². The third kappa shape index (κ3) is 4.73. The van der Waals surface area contributed by atoms with Gasteiger partial charge in [-0.1, -0.05) is 23.7 Å². The van der Waals surface area contributed by atoms with Crippen molar-refractivity contribution in [1.82, 2.24) is 0 Å². The fraction of sp³-hybridized carbons (Fsp3) is 0.350. The second-order valence-corrected chi connectivity index (χ2v) is 10.6. The van der Waals surface area contributed by atoms with Gasteiger partial charge in [0.25, 0.3) is 5.91 Å². The Morgan fingerprint density at radius 1 is 1.11 bits per heavy atom. The van der Waals surface area contributed by atoms with Crippen molar-refractivity contribution in [2.75, 3.05) is 35.3 Å². The number of anilines is 1. The summed E-state index contributed by atoms with van der Waals surface area (Å²) in [7, 11) is 0. The summed E-state index contributed by atoms with van der Waals surface area (Å²) < 4.78 is 6.28. The van der Waals surface area contributed by atoms with Gasteiger partial charge in [0, 0.05) is 22.2 Å². The standard InChI is InChI=1S/C20H20ClNO2S3/c21-15-4-7-18-17(12-15)22(8-11-25-18)19(23)13-24-16-5-2-14(3-6-16)20-26-9-1-10-27-20/h2-7,12,20H,1,8-11,13H2. The van der Waals surface area contributed by atoms with Gasteiger partial charge >= 0.3 is 0 Å². The van der Waals surface area contributed by atoms with Crippen LogP contribution in [0.15, 0.2) is 47.4 Å². The predicted octanol–water partition coefficient (Wildman–Crippen LogP) is 5.73. The van der Waals surface area contributed by atoms with E-state index in [1.165, 1.54) is 23.5 Å². The van der Waals surface area contributed by atoms with E-state index in [0.717, 1.165) is 22.1 Å². The quantitative estimate of drug-likeness (QED) is 0.609. The van der Waals surface area contributed by atoms with Crippen LogP contribution in [0, 0.1) is 0 Å². The lowest BCUT2D eigenvalue weighted by molar-refractivity contribution is -0.120. The van der Waals surface area contributed by atoms with Gasteiger partial charge in [-0.15, -0.1) is 35.3 Å². The van der Waals surface area contributed by atoms with Crippen LogP contribution in [0.1, 0.15) is 16.6 Å². The van der Waals surface area contributed by atoms with Gasteiger partial charge in [0.15, 0.2) is 6.61 Å². The number of rotatable bonds is 4. The van der Waals surface area contributed by atoms with Crippen molar-refractivity contribution >= 4 is 58.5 Å². The van der Waals surface area contributed by atoms with Crippen LogP contribution in [0.4, 0.5) is 5.69 Å². The topological polar surface area (TPSA) is 29.5 Å². The number of ether oxygens (including phenoxy) is 1. The van der Waals surface area contributed by atoms with E-state index in [1.54, 1.807) is 16.7 Å². The maximum absolute atomic E-state index is 12.7. The van der Waals surface area contributed by atoms with Crippen molar-refractivity contribution in [3.8, 4) is 5.75 Å². The van der Waals surface area contributed by atoms with Crippen LogP contribution in [0.2, 0.25) is 5.02 Å². The molecule has 27 heavy (non-hydrogen) atoms. The van der Waals surface area contributed by atoms with Crippen LogP contribution in [0.25, 0.3) is 0 Å². The highest BCUT2D eigenvalue weighted by atomic mass is 35.5. The number of nitrogens with zero attached hydrogens (tertiary/aromatic N) is 1. The molecule has 0 bridgehead atoms. The first kappa shape index (κ1) is 19.4. The maximum atomic E-state index is 12.7. The second-order valence-electron chi connectivity index (χ2n) is 6.29. The number of fused-ring (bicyclic) bond motifs is 1. The minimum absolute atomic E-state index is 0.0307. The van der Waals surface area contributed by atoms with Crippen molar-refractivity contribution in [2.24, 2.45) is 0 Å². The molecule has 1 saturated heterocycles. The molecule has 2 heterocycles. The number of amides is 1. The molecule has 1 fully saturated rings. The highest BCUT2D eigenvalue weighted by Gasteiger charge is 2.23. The minimum atomic E-state index is -0.0405. The zero-order valence-corrected chi connectivity index (χ0v) is 17.9. The van der Waals surface area contributed by atoms with Gasteiger partial charge < -0.3 is 9.64 Å². The van der Waals surface area contributed by atoms with E-state index in [2.05, 4.69) is 12.1 Å². The molecule has 1 amide bonds. The second kappa shape index (κ2) is 9.03. The van der Waals surface area contributed by atoms with E-state index in [1.807, 2.05) is 53.9 Å². The van der Waals surface area contributed by atoms with Gasteiger partial charge in [0.05, 0.1) is 10.3 Å². The summed E-state index contributed by atoms with van der Waals surface area (Å²) in [6, 6.07) is 13.9. The fourth-order valence-electron chi connectivity index (χ4n) is 3.07. The molecule has 4 rings (SSSR count). The van der Waals surface area contributed by atoms with E-state index in [-0.39, 0.29) is 12.5 Å². The van der Waals surface area contributed by atoms with E-state index in [9.17, 15) is 4.79 Å². The van der Waals surface area contributed by atoms with Crippen molar-refractivity contribution < 1.29 is 9.53 Å². The molecular weight excluding hydrogens is 418 g/mol. The van der Waals surface area contributed by atoms with E-state index in [4.69, 9.17) is 16.3 Å². The smallest absolute Gasteiger partial charge is 0.264 e. The van der Waals surface area contributed by atoms with Crippen molar-refractivity contribution in [1.29, 1.82) is 0 Å². The summed E-state index contributed by atoms with van der Waals surface area (Å²) in [5, 5.41) is 0.643. The maximum Gasteiger partial charge on any atom is 0.264 e. The Morgan fingerprint density at radius 2 is 1.89 bits per heavy atom. The highest BCUT2D eigenvalue weighted by molar-refractivity contribution is 8.16. The fourth-order valence-corrected chi connectivity index (χ4v) is 7.11. The Kier molecular flexibility index (Phi) is 6.48. The Bertz CT molecular complexity index is 809. The Morgan fingerprint density at radius 3 is 2.67 bits per heavy atom. The Labute approximate surface area is 177 Å². The highest BCUT2D eigenvalue weighted by Crippen LogP contribution is 2.43. The van der Waals surface area contributed by atoms with Gasteiger partial charge in [0.2, 0.25) is 0 Å². The first-order valence-electron chi connectivity index (χ1n) is 8.89. The molecule has 142 valence electrons. The lowest BCUT2D eigenvalue weighted by Gasteiger charge is -2.29. The molecule has 2 aromatic rings. The Hall–Kier alpha value is -0.950. The SMILES string of the molecule is O=C(COc1ccc(C2SCCCS2)cc1)N1CCSc2ccc(Cl)cc21. The van der Waals surface area contributed by atoms with Gasteiger partial charge in [-0.25, -0.2) is 0 Å². The monoisotopic (exact) mass is 437 g/mol. The van der Waals surface area contributed by atoms with Gasteiger partial charge in [-0.05, 0) is 53.8 Å². The van der Waals surface area contributed by atoms with Crippen LogP contribution in [-0.2, 0) is 4.79 Å². The van der Waals surface area contributed by atoms with Crippen LogP contribution in [0.3, 0.4) is 0 Å². The molecule has 7 heteroatoms. The summed E-state index contributed by atoms with van der Waals surface area (Å²) >= 11 is 11.9. The number of thioether (sulfide) groups is 3. The van der Waals surface area contributed by atoms with Crippen molar-refractivity contribution in [3.05, 3.63) is 53.1 Å². The largest absolute Gasteiger partial charge is 0.484 e. The lowest BCUT2D eigenvalue weighted by Crippen LogP contribution is -2.38. The summed E-state index contributed by atoms with van der Waals surface area (Å²) in [4.78, 5) is 15.6. The molecule has 0 spiro atoms. The van der Waals surface area contributed by atoms with Crippen LogP contribution in [0.5, 0.6) is 5.75 Å². The molecule has 2 aromatic carbocycles. The van der Waals surface area contributed by atoms with Gasteiger partial charge in [-0.3, -0.25) is 4.79 Å². The van der Waals surface area contributed by atoms with Crippen LogP contribution in [-0.4, -0.2) is 36.3 Å². The molecule has 0 unspecified atom stereocenters. The molecule has 3 nitrogen and oxygen atoms in total. The summed E-state index contributed by atoms with van der Waals surface area (Å²) in [6.07, 6.45) is 1.29. The average molecular weight is 438 g/mol. The number of halogens is 1. The van der Waals surface area contributed by atoms with Gasteiger partial charge in [-0.2, -0.15) is 0 Å². The summed E-state index contributed by atoms with van der Waals surface area (Å²) in [5.41, 5.74) is 2.20. The zero-order chi connectivity index (χ0) is 18.6. The van der Waals surface area contributed by atoms with Crippen LogP contribution >= 0.6 is 46.9 Å². The molecule has 0 atom stereocenters. The molecule has 0 radical (unpaired) electrons. The number of hydrogen-bond acceptors (Lipinski definition) is 5. The molecule has 0 N–H and O–H groups in total. The molecular formula is C20H20ClNO2S3. The summed E-state index contributed by atoms with van der Waals surface area (Å²) in [5.74, 6) is 4.02. The minimum Gasteiger partial charge on any atom is -0.484 e. The molecule has 0 saturated carbocycles. The van der Waals surface area contributed by atoms with Crippen molar-refractivity contribution in [3.63, 3.8) is 0 Å². The molecule has 2 aliphatic heterocycles. The lowest BCUT2D eigenvalue weighted by atomic mass is 10.2. The van der Waals surface area contributed by atoms with E-state index >= 15 is 0 Å².